The lowest BCUT2D eigenvalue weighted by Gasteiger charge is -2.19. The third kappa shape index (κ3) is 7.06. The van der Waals surface area contributed by atoms with Crippen LogP contribution in [0.2, 0.25) is 0 Å². The molecule has 1 aliphatic rings. The number of thioether (sulfide) groups is 1. The van der Waals surface area contributed by atoms with Crippen LogP contribution in [0.15, 0.2) is 28.0 Å². The number of carbonyl (C=O) groups is 1. The summed E-state index contributed by atoms with van der Waals surface area (Å²) in [6.45, 7) is 7.17. The molecule has 1 heterocycles. The van der Waals surface area contributed by atoms with Crippen LogP contribution in [0.3, 0.4) is 0 Å². The van der Waals surface area contributed by atoms with Crippen LogP contribution in [0.5, 0.6) is 0 Å². The van der Waals surface area contributed by atoms with Crippen LogP contribution in [-0.4, -0.2) is 51.7 Å². The van der Waals surface area contributed by atoms with E-state index >= 15 is 0 Å². The van der Waals surface area contributed by atoms with Gasteiger partial charge in [0.05, 0.1) is 10.6 Å². The van der Waals surface area contributed by atoms with Gasteiger partial charge in [-0.2, -0.15) is 0 Å². The molecule has 0 saturated carbocycles. The molecule has 2 rings (SSSR count). The minimum atomic E-state index is -3.60. The van der Waals surface area contributed by atoms with Crippen LogP contribution in [0.25, 0.3) is 0 Å². The number of anilines is 1. The zero-order valence-electron chi connectivity index (χ0n) is 17.2. The fraction of sp³-hybridized carbons (Fsp3) is 0.650. The van der Waals surface area contributed by atoms with Gasteiger partial charge in [0.25, 0.3) is 0 Å². The van der Waals surface area contributed by atoms with E-state index < -0.39 is 10.0 Å². The Morgan fingerprint density at radius 3 is 2.46 bits per heavy atom. The molecule has 8 heteroatoms. The summed E-state index contributed by atoms with van der Waals surface area (Å²) in [7, 11) is -3.60. The molecule has 0 unspecified atom stereocenters. The molecule has 0 bridgehead atoms. The van der Waals surface area contributed by atoms with Crippen LogP contribution in [-0.2, 0) is 14.8 Å². The average Bonchev–Trinajstić information content (AvgIpc) is 2.94. The minimum absolute atomic E-state index is 0.129. The van der Waals surface area contributed by atoms with E-state index in [1.165, 1.54) is 37.4 Å². The van der Waals surface area contributed by atoms with Gasteiger partial charge in [-0.3, -0.25) is 4.79 Å². The van der Waals surface area contributed by atoms with Gasteiger partial charge in [-0.25, -0.2) is 13.1 Å². The normalized spacial score (nSPS) is 16.1. The molecule has 1 aromatic rings. The van der Waals surface area contributed by atoms with Crippen molar-refractivity contribution < 1.29 is 13.2 Å². The molecule has 0 aromatic heterocycles. The van der Waals surface area contributed by atoms with Crippen molar-refractivity contribution in [1.82, 2.24) is 9.62 Å². The number of hydrogen-bond acceptors (Lipinski definition) is 5. The molecule has 28 heavy (non-hydrogen) atoms. The van der Waals surface area contributed by atoms with Crippen molar-refractivity contribution in [3.8, 4) is 0 Å². The largest absolute Gasteiger partial charge is 0.325 e. The SMILES string of the molecule is CSc1ccc(S(=O)(=O)NCCCN2CCCCCC2)cc1NC(=O)C(C)C. The first-order chi connectivity index (χ1) is 13.3. The lowest BCUT2D eigenvalue weighted by atomic mass is 10.2. The summed E-state index contributed by atoms with van der Waals surface area (Å²) in [6.07, 6.45) is 7.75. The average molecular weight is 428 g/mol. The van der Waals surface area contributed by atoms with Crippen LogP contribution in [0.4, 0.5) is 5.69 Å². The van der Waals surface area contributed by atoms with Crippen molar-refractivity contribution in [3.05, 3.63) is 18.2 Å². The highest BCUT2D eigenvalue weighted by Crippen LogP contribution is 2.28. The van der Waals surface area contributed by atoms with Gasteiger partial charge in [0.2, 0.25) is 15.9 Å². The summed E-state index contributed by atoms with van der Waals surface area (Å²) in [5, 5.41) is 2.83. The summed E-state index contributed by atoms with van der Waals surface area (Å²) < 4.78 is 28.0. The molecule has 0 spiro atoms. The Morgan fingerprint density at radius 1 is 1.18 bits per heavy atom. The number of hydrogen-bond donors (Lipinski definition) is 2. The topological polar surface area (TPSA) is 78.5 Å². The third-order valence-electron chi connectivity index (χ3n) is 4.91. The molecular weight excluding hydrogens is 394 g/mol. The first kappa shape index (κ1) is 23.2. The second-order valence-corrected chi connectivity index (χ2v) is 10.1. The summed E-state index contributed by atoms with van der Waals surface area (Å²) in [5.41, 5.74) is 0.540. The zero-order valence-corrected chi connectivity index (χ0v) is 18.8. The quantitative estimate of drug-likeness (QED) is 0.465. The molecule has 1 amide bonds. The standard InChI is InChI=1S/C20H33N3O3S2/c1-16(2)20(24)22-18-15-17(9-10-19(18)27-3)28(25,26)21-11-8-14-23-12-6-4-5-7-13-23/h9-10,15-16,21H,4-8,11-14H2,1-3H3,(H,22,24). The first-order valence-electron chi connectivity index (χ1n) is 10.0. The van der Waals surface area contributed by atoms with E-state index in [-0.39, 0.29) is 16.7 Å². The fourth-order valence-corrected chi connectivity index (χ4v) is 4.82. The van der Waals surface area contributed by atoms with Crippen molar-refractivity contribution in [2.45, 2.75) is 55.7 Å². The van der Waals surface area contributed by atoms with Crippen LogP contribution < -0.4 is 10.0 Å². The third-order valence-corrected chi connectivity index (χ3v) is 7.16. The van der Waals surface area contributed by atoms with Crippen LogP contribution in [0.1, 0.15) is 46.0 Å². The highest BCUT2D eigenvalue weighted by molar-refractivity contribution is 7.98. The number of benzene rings is 1. The molecular formula is C20H33N3O3S2. The highest BCUT2D eigenvalue weighted by atomic mass is 32.2. The molecule has 6 nitrogen and oxygen atoms in total. The maximum atomic E-state index is 12.7. The van der Waals surface area contributed by atoms with E-state index in [4.69, 9.17) is 0 Å². The summed E-state index contributed by atoms with van der Waals surface area (Å²) in [5.74, 6) is -0.303. The molecule has 158 valence electrons. The Balaban J connectivity index is 1.96. The van der Waals surface area contributed by atoms with E-state index in [1.54, 1.807) is 32.0 Å². The van der Waals surface area contributed by atoms with Crippen molar-refractivity contribution in [2.24, 2.45) is 5.92 Å². The Morgan fingerprint density at radius 2 is 1.86 bits per heavy atom. The van der Waals surface area contributed by atoms with Crippen molar-refractivity contribution in [2.75, 3.05) is 37.8 Å². The van der Waals surface area contributed by atoms with Crippen LogP contribution >= 0.6 is 11.8 Å². The van der Waals surface area contributed by atoms with E-state index in [0.717, 1.165) is 31.0 Å². The molecule has 1 fully saturated rings. The smallest absolute Gasteiger partial charge is 0.240 e. The summed E-state index contributed by atoms with van der Waals surface area (Å²) in [6, 6.07) is 4.88. The number of nitrogens with one attached hydrogen (secondary N) is 2. The Hall–Kier alpha value is -1.09. The monoisotopic (exact) mass is 427 g/mol. The molecule has 1 aromatic carbocycles. The summed E-state index contributed by atoms with van der Waals surface area (Å²) >= 11 is 1.47. The van der Waals surface area contributed by atoms with Gasteiger partial charge in [-0.1, -0.05) is 26.7 Å². The molecule has 2 N–H and O–H groups in total. The highest BCUT2D eigenvalue weighted by Gasteiger charge is 2.18. The van der Waals surface area contributed by atoms with E-state index in [1.807, 2.05) is 6.26 Å². The number of rotatable bonds is 9. The van der Waals surface area contributed by atoms with E-state index in [2.05, 4.69) is 14.9 Å². The molecule has 0 radical (unpaired) electrons. The Kier molecular flexibility index (Phi) is 9.27. The fourth-order valence-electron chi connectivity index (χ4n) is 3.18. The molecule has 0 atom stereocenters. The van der Waals surface area contributed by atoms with Gasteiger partial charge in [-0.15, -0.1) is 11.8 Å². The van der Waals surface area contributed by atoms with E-state index in [0.29, 0.717) is 12.2 Å². The number of amides is 1. The van der Waals surface area contributed by atoms with Crippen molar-refractivity contribution in [3.63, 3.8) is 0 Å². The number of nitrogens with zero attached hydrogens (tertiary/aromatic N) is 1. The lowest BCUT2D eigenvalue weighted by molar-refractivity contribution is -0.118. The predicted molar refractivity (Wildman–Crippen MR) is 116 cm³/mol. The zero-order chi connectivity index (χ0) is 20.6. The molecule has 1 saturated heterocycles. The first-order valence-corrected chi connectivity index (χ1v) is 12.7. The van der Waals surface area contributed by atoms with Gasteiger partial charge in [-0.05, 0) is 63.4 Å². The Bertz CT molecular complexity index is 743. The van der Waals surface area contributed by atoms with E-state index in [9.17, 15) is 13.2 Å². The molecule has 0 aliphatic carbocycles. The van der Waals surface area contributed by atoms with Crippen molar-refractivity contribution >= 4 is 33.4 Å². The number of sulfonamides is 1. The van der Waals surface area contributed by atoms with Gasteiger partial charge >= 0.3 is 0 Å². The summed E-state index contributed by atoms with van der Waals surface area (Å²) in [4.78, 5) is 15.5. The van der Waals surface area contributed by atoms with Crippen molar-refractivity contribution in [1.29, 1.82) is 0 Å². The van der Waals surface area contributed by atoms with Gasteiger partial charge in [0.1, 0.15) is 0 Å². The van der Waals surface area contributed by atoms with Gasteiger partial charge < -0.3 is 10.2 Å². The lowest BCUT2D eigenvalue weighted by Crippen LogP contribution is -2.30. The Labute approximate surface area is 173 Å². The predicted octanol–water partition coefficient (Wildman–Crippen LogP) is 3.55. The van der Waals surface area contributed by atoms with Crippen LogP contribution in [0, 0.1) is 5.92 Å². The van der Waals surface area contributed by atoms with Gasteiger partial charge in [0, 0.05) is 17.4 Å². The number of likely N-dealkylation sites (tertiary alicyclic amines) is 1. The minimum Gasteiger partial charge on any atom is -0.325 e. The maximum Gasteiger partial charge on any atom is 0.240 e. The maximum absolute atomic E-state index is 12.7. The molecule has 1 aliphatic heterocycles. The van der Waals surface area contributed by atoms with Gasteiger partial charge in [0.15, 0.2) is 0 Å². The second-order valence-electron chi connectivity index (χ2n) is 7.51. The number of carbonyl (C=O) groups excluding carboxylic acids is 1. The second kappa shape index (κ2) is 11.2.